The fourth-order valence-corrected chi connectivity index (χ4v) is 3.26. The number of ether oxygens (including phenoxy) is 1. The molecule has 0 unspecified atom stereocenters. The second-order valence-electron chi connectivity index (χ2n) is 5.11. The molecule has 3 heterocycles. The molecule has 1 saturated heterocycles. The number of anilines is 1. The molecule has 0 spiro atoms. The molecule has 4 atom stereocenters. The maximum absolute atomic E-state index is 10.8. The van der Waals surface area contributed by atoms with Crippen molar-refractivity contribution in [2.45, 2.75) is 24.5 Å². The zero-order chi connectivity index (χ0) is 17.6. The topological polar surface area (TPSA) is 189 Å². The van der Waals surface area contributed by atoms with Gasteiger partial charge in [0.2, 0.25) is 0 Å². The molecular formula is C10H14N5O7PSe. The number of nitrogens with two attached hydrogens (primary N) is 1. The van der Waals surface area contributed by atoms with E-state index in [1.54, 1.807) is 0 Å². The predicted octanol–water partition coefficient (Wildman–Crippen LogP) is -2.23. The minimum atomic E-state index is -4.73. The first kappa shape index (κ1) is 17.7. The Balaban J connectivity index is 1.90. The number of nitrogen functional groups attached to an aromatic ring is 1. The summed E-state index contributed by atoms with van der Waals surface area (Å²) in [6, 6.07) is 0. The van der Waals surface area contributed by atoms with Crippen LogP contribution in [0.5, 0.6) is 0 Å². The Morgan fingerprint density at radius 3 is 2.83 bits per heavy atom. The van der Waals surface area contributed by atoms with Crippen LogP contribution in [0.2, 0.25) is 0 Å². The van der Waals surface area contributed by atoms with Gasteiger partial charge in [0.05, 0.1) is 0 Å². The summed E-state index contributed by atoms with van der Waals surface area (Å²) in [6.07, 6.45) is -3.68. The van der Waals surface area contributed by atoms with Gasteiger partial charge in [0.15, 0.2) is 0 Å². The van der Waals surface area contributed by atoms with E-state index in [0.29, 0.717) is 15.4 Å². The first-order valence-electron chi connectivity index (χ1n) is 6.61. The van der Waals surface area contributed by atoms with Crippen LogP contribution >= 0.6 is 7.82 Å². The van der Waals surface area contributed by atoms with Crippen LogP contribution in [0.25, 0.3) is 11.2 Å². The molecule has 24 heavy (non-hydrogen) atoms. The first-order chi connectivity index (χ1) is 11.2. The summed E-state index contributed by atoms with van der Waals surface area (Å²) in [5.41, 5.74) is 6.40. The summed E-state index contributed by atoms with van der Waals surface area (Å²) in [5, 5.41) is 20.2. The van der Waals surface area contributed by atoms with Crippen molar-refractivity contribution in [3.05, 3.63) is 10.5 Å². The van der Waals surface area contributed by atoms with Crippen molar-refractivity contribution < 1.29 is 33.8 Å². The van der Waals surface area contributed by atoms with Crippen molar-refractivity contribution >= 4 is 40.5 Å². The molecule has 0 aliphatic carbocycles. The van der Waals surface area contributed by atoms with Crippen LogP contribution in [0.15, 0.2) is 6.33 Å². The van der Waals surface area contributed by atoms with E-state index < -0.39 is 39.0 Å². The number of hydrogen-bond donors (Lipinski definition) is 6. The quantitative estimate of drug-likeness (QED) is 0.231. The van der Waals surface area contributed by atoms with Gasteiger partial charge in [-0.3, -0.25) is 0 Å². The van der Waals surface area contributed by atoms with Gasteiger partial charge in [-0.1, -0.05) is 0 Å². The standard InChI is InChI=1S/C10H14N5O7PSe/c11-10-13-7-4(8(24)14-10)12-2-15(7)9-6(17)5(16)3(22-9)1-21-23(18,19)20/h2-3,5-6,9,16-17H,1H2,(H2,18,19,20)(H3,11,13,14,24)/t3-,5-,6-,9-/m1/s1. The average Bonchev–Trinajstić information content (AvgIpc) is 3.00. The number of imidazole rings is 1. The van der Waals surface area contributed by atoms with E-state index >= 15 is 0 Å². The SMILES string of the molecule is Nc1nc2c(ncn2[C@@H]2O[C@H](COP(=O)(O)O)[C@@H](O)[C@H]2O)c(=[Se])[nH]1. The normalized spacial score (nSPS) is 27.8. The van der Waals surface area contributed by atoms with Crippen LogP contribution in [0.1, 0.15) is 6.23 Å². The summed E-state index contributed by atoms with van der Waals surface area (Å²) in [7, 11) is -4.73. The number of rotatable bonds is 4. The predicted molar refractivity (Wildman–Crippen MR) is 79.2 cm³/mol. The molecule has 1 aliphatic heterocycles. The van der Waals surface area contributed by atoms with Gasteiger partial charge in [-0.25, -0.2) is 0 Å². The van der Waals surface area contributed by atoms with E-state index in [1.807, 2.05) is 0 Å². The minimum absolute atomic E-state index is 0.104. The van der Waals surface area contributed by atoms with Gasteiger partial charge in [0.25, 0.3) is 0 Å². The molecule has 12 nitrogen and oxygen atoms in total. The number of H-pyrrole nitrogens is 1. The number of phosphoric ester groups is 1. The van der Waals surface area contributed by atoms with Crippen molar-refractivity contribution in [2.75, 3.05) is 12.3 Å². The van der Waals surface area contributed by atoms with E-state index in [9.17, 15) is 14.8 Å². The molecule has 3 rings (SSSR count). The summed E-state index contributed by atoms with van der Waals surface area (Å²) in [5.74, 6) is 0.104. The Morgan fingerprint density at radius 2 is 2.17 bits per heavy atom. The summed E-state index contributed by atoms with van der Waals surface area (Å²) in [4.78, 5) is 28.4. The van der Waals surface area contributed by atoms with Crippen molar-refractivity contribution in [1.29, 1.82) is 0 Å². The molecule has 132 valence electrons. The third-order valence-corrected chi connectivity index (χ3v) is 4.57. The first-order valence-corrected chi connectivity index (χ1v) is 9.00. The number of hydrogen-bond acceptors (Lipinski definition) is 8. The zero-order valence-corrected chi connectivity index (χ0v) is 14.5. The maximum atomic E-state index is 10.8. The van der Waals surface area contributed by atoms with Gasteiger partial charge in [-0.2, -0.15) is 0 Å². The van der Waals surface area contributed by atoms with Gasteiger partial charge in [0, 0.05) is 0 Å². The Hall–Kier alpha value is -1.14. The second-order valence-corrected chi connectivity index (χ2v) is 7.20. The third kappa shape index (κ3) is 3.31. The Labute approximate surface area is 141 Å². The third-order valence-electron chi connectivity index (χ3n) is 3.47. The second kappa shape index (κ2) is 6.30. The van der Waals surface area contributed by atoms with Crippen LogP contribution in [0.4, 0.5) is 5.95 Å². The van der Waals surface area contributed by atoms with Gasteiger partial charge in [0.1, 0.15) is 0 Å². The number of aromatic nitrogens is 4. The van der Waals surface area contributed by atoms with Crippen molar-refractivity contribution in [1.82, 2.24) is 19.5 Å². The molecule has 0 aromatic carbocycles. The van der Waals surface area contributed by atoms with E-state index in [2.05, 4.69) is 35.1 Å². The number of fused-ring (bicyclic) bond motifs is 1. The number of phosphoric acid groups is 1. The Bertz CT molecular complexity index is 865. The number of nitrogens with one attached hydrogen (secondary N) is 1. The van der Waals surface area contributed by atoms with Gasteiger partial charge < -0.3 is 0 Å². The molecule has 14 heteroatoms. The average molecular weight is 426 g/mol. The van der Waals surface area contributed by atoms with Crippen LogP contribution in [-0.4, -0.2) is 80.0 Å². The molecule has 0 amide bonds. The Kier molecular flexibility index (Phi) is 4.64. The van der Waals surface area contributed by atoms with Crippen LogP contribution < -0.4 is 5.73 Å². The molecule has 1 aliphatic rings. The van der Waals surface area contributed by atoms with E-state index in [0.717, 1.165) is 0 Å². The molecule has 2 aromatic heterocycles. The van der Waals surface area contributed by atoms with Crippen molar-refractivity contribution in [3.63, 3.8) is 0 Å². The van der Waals surface area contributed by atoms with Crippen LogP contribution in [-0.2, 0) is 13.8 Å². The van der Waals surface area contributed by atoms with Gasteiger partial charge in [-0.05, 0) is 0 Å². The molecule has 0 saturated carbocycles. The van der Waals surface area contributed by atoms with E-state index in [-0.39, 0.29) is 5.95 Å². The molecule has 0 radical (unpaired) electrons. The number of aromatic amines is 1. The zero-order valence-electron chi connectivity index (χ0n) is 11.9. The van der Waals surface area contributed by atoms with E-state index in [4.69, 9.17) is 20.3 Å². The van der Waals surface area contributed by atoms with E-state index in [1.165, 1.54) is 10.9 Å². The fourth-order valence-electron chi connectivity index (χ4n) is 2.40. The molecule has 0 bridgehead atoms. The fraction of sp³-hybridized carbons (Fsp3) is 0.500. The number of nitrogens with zero attached hydrogens (tertiary/aromatic N) is 3. The molecule has 1 fully saturated rings. The van der Waals surface area contributed by atoms with Crippen LogP contribution in [0, 0.1) is 4.19 Å². The molecule has 7 N–H and O–H groups in total. The summed E-state index contributed by atoms with van der Waals surface area (Å²) < 4.78 is 22.5. The van der Waals surface area contributed by atoms with Crippen molar-refractivity contribution in [3.8, 4) is 0 Å². The molecule has 2 aromatic rings. The number of aliphatic hydroxyl groups is 2. The molecular weight excluding hydrogens is 412 g/mol. The van der Waals surface area contributed by atoms with Crippen molar-refractivity contribution in [2.24, 2.45) is 0 Å². The summed E-state index contributed by atoms with van der Waals surface area (Å²) in [6.45, 7) is -0.595. The number of aliphatic hydroxyl groups excluding tert-OH is 2. The monoisotopic (exact) mass is 427 g/mol. The van der Waals surface area contributed by atoms with Gasteiger partial charge in [-0.15, -0.1) is 0 Å². The summed E-state index contributed by atoms with van der Waals surface area (Å²) >= 11 is 2.74. The Morgan fingerprint density at radius 1 is 1.46 bits per heavy atom. The van der Waals surface area contributed by atoms with Gasteiger partial charge >= 0.3 is 141 Å². The van der Waals surface area contributed by atoms with Crippen LogP contribution in [0.3, 0.4) is 0 Å².